The Balaban J connectivity index is 1.84. The normalized spacial score (nSPS) is 17.9. The van der Waals surface area contributed by atoms with Gasteiger partial charge in [-0.1, -0.05) is 6.07 Å². The van der Waals surface area contributed by atoms with E-state index in [-0.39, 0.29) is 0 Å². The molecule has 1 saturated heterocycles. The third-order valence-corrected chi connectivity index (χ3v) is 4.89. The van der Waals surface area contributed by atoms with Crippen LogP contribution in [0.2, 0.25) is 0 Å². The first-order valence-corrected chi connectivity index (χ1v) is 7.97. The number of thiophene rings is 1. The third-order valence-electron chi connectivity index (χ3n) is 3.71. The van der Waals surface area contributed by atoms with Crippen molar-refractivity contribution in [3.63, 3.8) is 0 Å². The fraction of sp³-hybridized carbons (Fsp3) is 0.538. The summed E-state index contributed by atoms with van der Waals surface area (Å²) < 4.78 is 2.85. The summed E-state index contributed by atoms with van der Waals surface area (Å²) in [7, 11) is 0. The summed E-state index contributed by atoms with van der Waals surface area (Å²) in [6.07, 6.45) is 2.64. The van der Waals surface area contributed by atoms with Crippen molar-refractivity contribution in [2.75, 3.05) is 13.1 Å². The lowest BCUT2D eigenvalue weighted by Gasteiger charge is -2.24. The van der Waals surface area contributed by atoms with E-state index < -0.39 is 0 Å². The van der Waals surface area contributed by atoms with Crippen LogP contribution in [0.4, 0.5) is 0 Å². The molecule has 0 amide bonds. The molecular weight excluding hydrogens is 276 g/mol. The highest BCUT2D eigenvalue weighted by molar-refractivity contribution is 7.71. The molecule has 2 aromatic heterocycles. The van der Waals surface area contributed by atoms with Crippen molar-refractivity contribution < 1.29 is 0 Å². The Morgan fingerprint density at radius 1 is 1.47 bits per heavy atom. The van der Waals surface area contributed by atoms with Gasteiger partial charge >= 0.3 is 0 Å². The molecule has 1 atom stereocenters. The molecular formula is C13H18N4S2. The summed E-state index contributed by atoms with van der Waals surface area (Å²) in [5.41, 5.74) is 0. The number of nitrogens with one attached hydrogen (secondary N) is 1. The maximum atomic E-state index is 5.37. The van der Waals surface area contributed by atoms with E-state index in [0.29, 0.717) is 6.04 Å². The molecule has 0 bridgehead atoms. The standard InChI is InChI=1S/C13H18N4S2/c1-10(16-6-2-3-7-16)9-17-12(14-15-13(17)18)11-5-4-8-19-11/h4-5,8,10H,2-3,6-7,9H2,1H3,(H,15,18). The SMILES string of the molecule is CC(Cn1c(-c2cccs2)n[nH]c1=S)N1CCCC1. The van der Waals surface area contributed by atoms with Gasteiger partial charge in [0.1, 0.15) is 0 Å². The Labute approximate surface area is 122 Å². The summed E-state index contributed by atoms with van der Waals surface area (Å²) in [6.45, 7) is 5.60. The van der Waals surface area contributed by atoms with Crippen molar-refractivity contribution in [3.05, 3.63) is 22.3 Å². The van der Waals surface area contributed by atoms with Gasteiger partial charge in [0.2, 0.25) is 0 Å². The highest BCUT2D eigenvalue weighted by Gasteiger charge is 2.20. The summed E-state index contributed by atoms with van der Waals surface area (Å²) in [5, 5.41) is 9.37. The highest BCUT2D eigenvalue weighted by Crippen LogP contribution is 2.23. The predicted octanol–water partition coefficient (Wildman–Crippen LogP) is 3.15. The number of hydrogen-bond donors (Lipinski definition) is 1. The molecule has 6 heteroatoms. The van der Waals surface area contributed by atoms with Gasteiger partial charge in [-0.15, -0.1) is 11.3 Å². The minimum atomic E-state index is 0.505. The van der Waals surface area contributed by atoms with Gasteiger partial charge in [0.15, 0.2) is 10.6 Å². The van der Waals surface area contributed by atoms with Crippen LogP contribution in [0.1, 0.15) is 19.8 Å². The van der Waals surface area contributed by atoms with Crippen molar-refractivity contribution in [2.24, 2.45) is 0 Å². The quantitative estimate of drug-likeness (QED) is 0.880. The maximum absolute atomic E-state index is 5.37. The van der Waals surface area contributed by atoms with Crippen LogP contribution in [-0.4, -0.2) is 38.8 Å². The predicted molar refractivity (Wildman–Crippen MR) is 81.0 cm³/mol. The second kappa shape index (κ2) is 5.56. The minimum Gasteiger partial charge on any atom is -0.299 e. The molecule has 0 radical (unpaired) electrons. The van der Waals surface area contributed by atoms with Crippen LogP contribution >= 0.6 is 23.6 Å². The molecule has 0 saturated carbocycles. The Morgan fingerprint density at radius 3 is 2.95 bits per heavy atom. The van der Waals surface area contributed by atoms with Crippen LogP contribution in [0, 0.1) is 4.77 Å². The van der Waals surface area contributed by atoms with Crippen molar-refractivity contribution in [2.45, 2.75) is 32.4 Å². The molecule has 0 spiro atoms. The van der Waals surface area contributed by atoms with Crippen LogP contribution < -0.4 is 0 Å². The summed E-state index contributed by atoms with van der Waals surface area (Å²) in [6, 6.07) is 4.64. The Hall–Kier alpha value is -0.980. The molecule has 3 heterocycles. The smallest absolute Gasteiger partial charge is 0.195 e. The lowest BCUT2D eigenvalue weighted by molar-refractivity contribution is 0.235. The van der Waals surface area contributed by atoms with E-state index in [1.807, 2.05) is 6.07 Å². The second-order valence-electron chi connectivity index (χ2n) is 5.03. The Bertz CT molecular complexity index is 578. The average molecular weight is 294 g/mol. The number of likely N-dealkylation sites (tertiary alicyclic amines) is 1. The molecule has 0 aromatic carbocycles. The Kier molecular flexibility index (Phi) is 3.81. The number of aromatic amines is 1. The van der Waals surface area contributed by atoms with Crippen LogP contribution in [0.5, 0.6) is 0 Å². The van der Waals surface area contributed by atoms with E-state index in [1.54, 1.807) is 11.3 Å². The first-order chi connectivity index (χ1) is 9.25. The largest absolute Gasteiger partial charge is 0.299 e. The van der Waals surface area contributed by atoms with Gasteiger partial charge < -0.3 is 0 Å². The fourth-order valence-corrected chi connectivity index (χ4v) is 3.57. The molecule has 102 valence electrons. The van der Waals surface area contributed by atoms with Crippen LogP contribution in [-0.2, 0) is 6.54 Å². The van der Waals surface area contributed by atoms with Gasteiger partial charge in [0, 0.05) is 12.6 Å². The summed E-state index contributed by atoms with van der Waals surface area (Å²) >= 11 is 7.07. The van der Waals surface area contributed by atoms with Gasteiger partial charge in [-0.05, 0) is 56.5 Å². The van der Waals surface area contributed by atoms with Gasteiger partial charge in [0.25, 0.3) is 0 Å². The molecule has 1 aliphatic rings. The zero-order valence-corrected chi connectivity index (χ0v) is 12.6. The maximum Gasteiger partial charge on any atom is 0.195 e. The lowest BCUT2D eigenvalue weighted by atomic mass is 10.3. The first kappa shape index (κ1) is 13.0. The van der Waals surface area contributed by atoms with Gasteiger partial charge in [-0.3, -0.25) is 14.6 Å². The van der Waals surface area contributed by atoms with Crippen LogP contribution in [0.3, 0.4) is 0 Å². The van der Waals surface area contributed by atoms with Crippen molar-refractivity contribution in [1.29, 1.82) is 0 Å². The molecule has 1 aliphatic heterocycles. The number of rotatable bonds is 4. The lowest BCUT2D eigenvalue weighted by Crippen LogP contribution is -2.33. The second-order valence-corrected chi connectivity index (χ2v) is 6.37. The molecule has 3 rings (SSSR count). The van der Waals surface area contributed by atoms with Crippen LogP contribution in [0.25, 0.3) is 10.7 Å². The van der Waals surface area contributed by atoms with Crippen LogP contribution in [0.15, 0.2) is 17.5 Å². The molecule has 1 N–H and O–H groups in total. The van der Waals surface area contributed by atoms with Crippen molar-refractivity contribution >= 4 is 23.6 Å². The molecule has 1 unspecified atom stereocenters. The van der Waals surface area contributed by atoms with E-state index in [4.69, 9.17) is 12.2 Å². The number of hydrogen-bond acceptors (Lipinski definition) is 4. The monoisotopic (exact) mass is 294 g/mol. The first-order valence-electron chi connectivity index (χ1n) is 6.69. The highest BCUT2D eigenvalue weighted by atomic mass is 32.1. The van der Waals surface area contributed by atoms with Gasteiger partial charge in [-0.2, -0.15) is 5.10 Å². The number of nitrogens with zero attached hydrogens (tertiary/aromatic N) is 3. The van der Waals surface area contributed by atoms with E-state index in [9.17, 15) is 0 Å². The fourth-order valence-electron chi connectivity index (χ4n) is 2.64. The minimum absolute atomic E-state index is 0.505. The average Bonchev–Trinajstić information content (AvgIpc) is 3.10. The van der Waals surface area contributed by atoms with E-state index in [2.05, 4.69) is 38.0 Å². The Morgan fingerprint density at radius 2 is 2.26 bits per heavy atom. The van der Waals surface area contributed by atoms with Gasteiger partial charge in [0.05, 0.1) is 4.88 Å². The number of H-pyrrole nitrogens is 1. The van der Waals surface area contributed by atoms with E-state index >= 15 is 0 Å². The van der Waals surface area contributed by atoms with Crippen molar-refractivity contribution in [1.82, 2.24) is 19.7 Å². The summed E-state index contributed by atoms with van der Waals surface area (Å²) in [4.78, 5) is 3.70. The van der Waals surface area contributed by atoms with Crippen molar-refractivity contribution in [3.8, 4) is 10.7 Å². The third kappa shape index (κ3) is 2.66. The van der Waals surface area contributed by atoms with E-state index in [1.165, 1.54) is 30.8 Å². The molecule has 4 nitrogen and oxygen atoms in total. The molecule has 1 fully saturated rings. The molecule has 0 aliphatic carbocycles. The molecule has 19 heavy (non-hydrogen) atoms. The zero-order valence-electron chi connectivity index (χ0n) is 11.0. The topological polar surface area (TPSA) is 36.9 Å². The zero-order chi connectivity index (χ0) is 13.2. The summed E-state index contributed by atoms with van der Waals surface area (Å²) in [5.74, 6) is 0.964. The molecule has 2 aromatic rings. The van der Waals surface area contributed by atoms with Gasteiger partial charge in [-0.25, -0.2) is 0 Å². The number of aromatic nitrogens is 3. The van der Waals surface area contributed by atoms with E-state index in [0.717, 1.165) is 17.1 Å².